The summed E-state index contributed by atoms with van der Waals surface area (Å²) >= 11 is 2.07. The van der Waals surface area contributed by atoms with Gasteiger partial charge >= 0.3 is 0 Å². The van der Waals surface area contributed by atoms with Gasteiger partial charge in [0.15, 0.2) is 0 Å². The summed E-state index contributed by atoms with van der Waals surface area (Å²) in [5.41, 5.74) is 0. The van der Waals surface area contributed by atoms with Gasteiger partial charge in [-0.05, 0) is 19.4 Å². The SMILES string of the molecule is CCC(CC)CC(CSC(C)(C)C)NC. The van der Waals surface area contributed by atoms with Crippen LogP contribution in [0.25, 0.3) is 0 Å². The first-order valence-corrected chi connectivity index (χ1v) is 7.22. The van der Waals surface area contributed by atoms with Crippen molar-refractivity contribution in [3.05, 3.63) is 0 Å². The highest BCUT2D eigenvalue weighted by Crippen LogP contribution is 2.26. The summed E-state index contributed by atoms with van der Waals surface area (Å²) in [5.74, 6) is 2.12. The first kappa shape index (κ1) is 15.3. The maximum Gasteiger partial charge on any atom is 0.0158 e. The van der Waals surface area contributed by atoms with E-state index in [4.69, 9.17) is 0 Å². The van der Waals surface area contributed by atoms with E-state index in [1.54, 1.807) is 0 Å². The van der Waals surface area contributed by atoms with Crippen LogP contribution in [0.3, 0.4) is 0 Å². The Morgan fingerprint density at radius 3 is 2.00 bits per heavy atom. The van der Waals surface area contributed by atoms with Gasteiger partial charge in [-0.25, -0.2) is 0 Å². The summed E-state index contributed by atoms with van der Waals surface area (Å²) in [6.45, 7) is 11.5. The number of hydrogen-bond donors (Lipinski definition) is 1. The van der Waals surface area contributed by atoms with Crippen LogP contribution in [-0.2, 0) is 0 Å². The first-order valence-electron chi connectivity index (χ1n) is 6.24. The van der Waals surface area contributed by atoms with Crippen LogP contribution in [0.1, 0.15) is 53.9 Å². The van der Waals surface area contributed by atoms with Crippen molar-refractivity contribution in [1.29, 1.82) is 0 Å². The molecular weight excluding hydrogens is 202 g/mol. The minimum absolute atomic E-state index is 0.392. The van der Waals surface area contributed by atoms with Gasteiger partial charge in [0.2, 0.25) is 0 Å². The van der Waals surface area contributed by atoms with E-state index < -0.39 is 0 Å². The molecule has 0 saturated heterocycles. The highest BCUT2D eigenvalue weighted by atomic mass is 32.2. The van der Waals surface area contributed by atoms with Crippen molar-refractivity contribution in [2.24, 2.45) is 5.92 Å². The Morgan fingerprint density at radius 2 is 1.67 bits per heavy atom. The van der Waals surface area contributed by atoms with E-state index in [1.165, 1.54) is 25.0 Å². The molecule has 15 heavy (non-hydrogen) atoms. The Kier molecular flexibility index (Phi) is 7.72. The Labute approximate surface area is 101 Å². The van der Waals surface area contributed by atoms with Crippen LogP contribution < -0.4 is 5.32 Å². The molecule has 1 atom stereocenters. The fraction of sp³-hybridized carbons (Fsp3) is 1.00. The van der Waals surface area contributed by atoms with E-state index in [0.29, 0.717) is 10.8 Å². The lowest BCUT2D eigenvalue weighted by atomic mass is 9.95. The quantitative estimate of drug-likeness (QED) is 0.712. The lowest BCUT2D eigenvalue weighted by molar-refractivity contribution is 0.397. The van der Waals surface area contributed by atoms with Crippen molar-refractivity contribution in [3.8, 4) is 0 Å². The molecule has 92 valence electrons. The molecule has 0 radical (unpaired) electrons. The summed E-state index contributed by atoms with van der Waals surface area (Å²) in [6, 6.07) is 0.680. The number of nitrogens with one attached hydrogen (secondary N) is 1. The van der Waals surface area contributed by atoms with Crippen LogP contribution in [0.2, 0.25) is 0 Å². The molecule has 0 fully saturated rings. The zero-order chi connectivity index (χ0) is 11.9. The monoisotopic (exact) mass is 231 g/mol. The summed E-state index contributed by atoms with van der Waals surface area (Å²) in [7, 11) is 2.09. The first-order chi connectivity index (χ1) is 6.92. The van der Waals surface area contributed by atoms with E-state index in [0.717, 1.165) is 5.92 Å². The van der Waals surface area contributed by atoms with Crippen molar-refractivity contribution >= 4 is 11.8 Å². The van der Waals surface area contributed by atoms with Crippen molar-refractivity contribution in [2.45, 2.75) is 64.7 Å². The predicted octanol–water partition coefficient (Wildman–Crippen LogP) is 3.93. The Bertz CT molecular complexity index is 147. The Balaban J connectivity index is 3.92. The molecule has 0 amide bonds. The fourth-order valence-corrected chi connectivity index (χ4v) is 2.65. The molecule has 0 aromatic carbocycles. The number of thioether (sulfide) groups is 1. The van der Waals surface area contributed by atoms with Crippen LogP contribution in [0.15, 0.2) is 0 Å². The lowest BCUT2D eigenvalue weighted by Gasteiger charge is -2.25. The van der Waals surface area contributed by atoms with E-state index in [2.05, 4.69) is 58.7 Å². The van der Waals surface area contributed by atoms with Crippen LogP contribution in [-0.4, -0.2) is 23.6 Å². The fourth-order valence-electron chi connectivity index (χ4n) is 1.64. The van der Waals surface area contributed by atoms with Crippen molar-refractivity contribution < 1.29 is 0 Å². The molecular formula is C13H29NS. The second-order valence-electron chi connectivity index (χ2n) is 5.33. The molecule has 0 aromatic rings. The minimum atomic E-state index is 0.392. The van der Waals surface area contributed by atoms with Crippen molar-refractivity contribution in [1.82, 2.24) is 5.32 Å². The Hall–Kier alpha value is 0.310. The normalized spacial score (nSPS) is 14.6. The smallest absolute Gasteiger partial charge is 0.0158 e. The highest BCUT2D eigenvalue weighted by Gasteiger charge is 2.17. The third-order valence-electron chi connectivity index (χ3n) is 2.90. The molecule has 0 saturated carbocycles. The molecule has 0 heterocycles. The topological polar surface area (TPSA) is 12.0 Å². The van der Waals surface area contributed by atoms with E-state index in [-0.39, 0.29) is 0 Å². The van der Waals surface area contributed by atoms with Crippen molar-refractivity contribution in [3.63, 3.8) is 0 Å². The molecule has 1 nitrogen and oxygen atoms in total. The van der Waals surface area contributed by atoms with Crippen LogP contribution >= 0.6 is 11.8 Å². The maximum atomic E-state index is 3.45. The number of rotatable bonds is 7. The largest absolute Gasteiger partial charge is 0.316 e. The molecule has 2 heteroatoms. The molecule has 0 aliphatic carbocycles. The van der Waals surface area contributed by atoms with Crippen LogP contribution in [0.5, 0.6) is 0 Å². The summed E-state index contributed by atoms with van der Waals surface area (Å²) in [5, 5.41) is 3.45. The van der Waals surface area contributed by atoms with Crippen molar-refractivity contribution in [2.75, 3.05) is 12.8 Å². The van der Waals surface area contributed by atoms with E-state index in [9.17, 15) is 0 Å². The molecule has 1 unspecified atom stereocenters. The van der Waals surface area contributed by atoms with Gasteiger partial charge in [-0.1, -0.05) is 47.5 Å². The van der Waals surface area contributed by atoms with Gasteiger partial charge in [-0.15, -0.1) is 0 Å². The van der Waals surface area contributed by atoms with Gasteiger partial charge in [0.1, 0.15) is 0 Å². The van der Waals surface area contributed by atoms with Crippen LogP contribution in [0.4, 0.5) is 0 Å². The highest BCUT2D eigenvalue weighted by molar-refractivity contribution is 8.00. The van der Waals surface area contributed by atoms with Gasteiger partial charge in [0.25, 0.3) is 0 Å². The maximum absolute atomic E-state index is 3.45. The molecule has 0 aliphatic heterocycles. The van der Waals surface area contributed by atoms with Gasteiger partial charge in [0, 0.05) is 16.5 Å². The van der Waals surface area contributed by atoms with Gasteiger partial charge < -0.3 is 5.32 Å². The van der Waals surface area contributed by atoms with Gasteiger partial charge in [-0.2, -0.15) is 11.8 Å². The standard InChI is InChI=1S/C13H29NS/c1-7-11(8-2)9-12(14-6)10-15-13(3,4)5/h11-12,14H,7-10H2,1-6H3. The van der Waals surface area contributed by atoms with E-state index >= 15 is 0 Å². The molecule has 0 aliphatic rings. The molecule has 0 rings (SSSR count). The average Bonchev–Trinajstić information content (AvgIpc) is 2.17. The average molecular weight is 231 g/mol. The predicted molar refractivity (Wildman–Crippen MR) is 73.7 cm³/mol. The number of hydrogen-bond acceptors (Lipinski definition) is 2. The second-order valence-corrected chi connectivity index (χ2v) is 7.17. The Morgan fingerprint density at radius 1 is 1.13 bits per heavy atom. The molecule has 0 spiro atoms. The van der Waals surface area contributed by atoms with Gasteiger partial charge in [-0.3, -0.25) is 0 Å². The van der Waals surface area contributed by atoms with Crippen LogP contribution in [0, 0.1) is 5.92 Å². The van der Waals surface area contributed by atoms with Gasteiger partial charge in [0.05, 0.1) is 0 Å². The summed E-state index contributed by atoms with van der Waals surface area (Å²) < 4.78 is 0.392. The second kappa shape index (κ2) is 7.56. The molecule has 0 bridgehead atoms. The summed E-state index contributed by atoms with van der Waals surface area (Å²) in [6.07, 6.45) is 3.95. The third kappa shape index (κ3) is 8.15. The third-order valence-corrected chi connectivity index (χ3v) is 4.33. The lowest BCUT2D eigenvalue weighted by Crippen LogP contribution is -2.31. The zero-order valence-corrected chi connectivity index (χ0v) is 12.2. The minimum Gasteiger partial charge on any atom is -0.316 e. The zero-order valence-electron chi connectivity index (χ0n) is 11.4. The summed E-state index contributed by atoms with van der Waals surface area (Å²) in [4.78, 5) is 0. The molecule has 1 N–H and O–H groups in total. The van der Waals surface area contributed by atoms with E-state index in [1.807, 2.05) is 0 Å². The molecule has 0 aromatic heterocycles.